The summed E-state index contributed by atoms with van der Waals surface area (Å²) in [5.41, 5.74) is 7.17. The van der Waals surface area contributed by atoms with Crippen LogP contribution in [0, 0.1) is 13.8 Å². The van der Waals surface area contributed by atoms with Gasteiger partial charge in [0.2, 0.25) is 10.0 Å². The van der Waals surface area contributed by atoms with Crippen LogP contribution in [0.5, 0.6) is 0 Å². The van der Waals surface area contributed by atoms with Gasteiger partial charge in [0.05, 0.1) is 11.5 Å². The zero-order chi connectivity index (χ0) is 21.6. The predicted octanol–water partition coefficient (Wildman–Crippen LogP) is 1.69. The summed E-state index contributed by atoms with van der Waals surface area (Å²) in [5, 5.41) is 0. The molecule has 0 fully saturated rings. The minimum Gasteiger partial charge on any atom is -0.383 e. The molecule has 1 atom stereocenters. The fourth-order valence-electron chi connectivity index (χ4n) is 2.72. The standard InChI is InChI=1S/C20H25N3O5S/c1-13-5-10-18(14(2)11-13)20(25)22-21-19(24)16-6-8-17(9-7-16)29(26,27)23-15(3)12-28-4/h5-11,15,23H,12H2,1-4H3,(H,21,24)(H,22,25)/t15-/m0/s1. The molecule has 0 unspecified atom stereocenters. The molecule has 2 aromatic rings. The summed E-state index contributed by atoms with van der Waals surface area (Å²) in [6.45, 7) is 5.65. The van der Waals surface area contributed by atoms with E-state index in [1.54, 1.807) is 13.0 Å². The molecule has 156 valence electrons. The van der Waals surface area contributed by atoms with Gasteiger partial charge in [0.15, 0.2) is 0 Å². The van der Waals surface area contributed by atoms with E-state index in [0.717, 1.165) is 11.1 Å². The first-order valence-corrected chi connectivity index (χ1v) is 10.4. The van der Waals surface area contributed by atoms with Gasteiger partial charge in [0.25, 0.3) is 11.8 Å². The molecule has 8 nitrogen and oxygen atoms in total. The highest BCUT2D eigenvalue weighted by Gasteiger charge is 2.18. The number of carbonyl (C=O) groups excluding carboxylic acids is 2. The Labute approximate surface area is 170 Å². The maximum atomic E-state index is 12.3. The van der Waals surface area contributed by atoms with Crippen molar-refractivity contribution in [2.24, 2.45) is 0 Å². The minimum absolute atomic E-state index is 0.0244. The van der Waals surface area contributed by atoms with Crippen LogP contribution in [-0.4, -0.2) is 40.0 Å². The summed E-state index contributed by atoms with van der Waals surface area (Å²) in [6.07, 6.45) is 0. The van der Waals surface area contributed by atoms with Gasteiger partial charge < -0.3 is 4.74 Å². The molecule has 3 N–H and O–H groups in total. The lowest BCUT2D eigenvalue weighted by Crippen LogP contribution is -2.41. The Morgan fingerprint density at radius 1 is 1.00 bits per heavy atom. The second-order valence-corrected chi connectivity index (χ2v) is 8.44. The molecular formula is C20H25N3O5S. The lowest BCUT2D eigenvalue weighted by molar-refractivity contribution is 0.0846. The first-order valence-electron chi connectivity index (χ1n) is 8.93. The molecule has 0 aliphatic rings. The van der Waals surface area contributed by atoms with Crippen molar-refractivity contribution in [3.63, 3.8) is 0 Å². The Hall–Kier alpha value is -2.75. The lowest BCUT2D eigenvalue weighted by Gasteiger charge is -2.13. The highest BCUT2D eigenvalue weighted by atomic mass is 32.2. The van der Waals surface area contributed by atoms with Crippen LogP contribution < -0.4 is 15.6 Å². The van der Waals surface area contributed by atoms with Crippen LogP contribution in [-0.2, 0) is 14.8 Å². The molecule has 0 spiro atoms. The molecule has 0 aromatic heterocycles. The molecule has 2 rings (SSSR count). The van der Waals surface area contributed by atoms with E-state index in [2.05, 4.69) is 15.6 Å². The molecule has 0 radical (unpaired) electrons. The summed E-state index contributed by atoms with van der Waals surface area (Å²) >= 11 is 0. The van der Waals surface area contributed by atoms with E-state index in [4.69, 9.17) is 4.74 Å². The van der Waals surface area contributed by atoms with E-state index in [-0.39, 0.29) is 17.1 Å². The van der Waals surface area contributed by atoms with Crippen LogP contribution in [0.4, 0.5) is 0 Å². The van der Waals surface area contributed by atoms with Crippen LogP contribution >= 0.6 is 0 Å². The normalized spacial score (nSPS) is 12.3. The van der Waals surface area contributed by atoms with Gasteiger partial charge in [-0.2, -0.15) is 0 Å². The van der Waals surface area contributed by atoms with Crippen molar-refractivity contribution in [2.75, 3.05) is 13.7 Å². The number of rotatable bonds is 7. The molecular weight excluding hydrogens is 394 g/mol. The fraction of sp³-hybridized carbons (Fsp3) is 0.300. The topological polar surface area (TPSA) is 114 Å². The maximum absolute atomic E-state index is 12.3. The van der Waals surface area contributed by atoms with Gasteiger partial charge in [-0.1, -0.05) is 17.7 Å². The average Bonchev–Trinajstić information content (AvgIpc) is 2.65. The molecule has 0 saturated heterocycles. The largest absolute Gasteiger partial charge is 0.383 e. The number of aryl methyl sites for hydroxylation is 2. The van der Waals surface area contributed by atoms with Crippen molar-refractivity contribution in [3.8, 4) is 0 Å². The number of hydrazine groups is 1. The van der Waals surface area contributed by atoms with Crippen molar-refractivity contribution in [3.05, 3.63) is 64.7 Å². The number of hydrogen-bond acceptors (Lipinski definition) is 5. The van der Waals surface area contributed by atoms with Gasteiger partial charge in [0, 0.05) is 24.3 Å². The Balaban J connectivity index is 2.00. The number of hydrogen-bond donors (Lipinski definition) is 3. The number of ether oxygens (including phenoxy) is 1. The third-order valence-electron chi connectivity index (χ3n) is 4.12. The Kier molecular flexibility index (Phi) is 7.49. The first-order chi connectivity index (χ1) is 13.6. The Morgan fingerprint density at radius 2 is 1.62 bits per heavy atom. The quantitative estimate of drug-likeness (QED) is 0.591. The van der Waals surface area contributed by atoms with Crippen LogP contribution in [0.1, 0.15) is 38.8 Å². The third kappa shape index (κ3) is 6.11. The molecule has 2 amide bonds. The molecule has 2 aromatic carbocycles. The SMILES string of the molecule is COC[C@H](C)NS(=O)(=O)c1ccc(C(=O)NNC(=O)c2ccc(C)cc2C)cc1. The number of nitrogens with one attached hydrogen (secondary N) is 3. The van der Waals surface area contributed by atoms with Crippen molar-refractivity contribution < 1.29 is 22.7 Å². The van der Waals surface area contributed by atoms with Gasteiger partial charge in [-0.15, -0.1) is 0 Å². The number of amides is 2. The lowest BCUT2D eigenvalue weighted by atomic mass is 10.1. The highest BCUT2D eigenvalue weighted by molar-refractivity contribution is 7.89. The molecule has 0 aliphatic carbocycles. The molecule has 9 heteroatoms. The molecule has 0 saturated carbocycles. The van der Waals surface area contributed by atoms with E-state index in [1.807, 2.05) is 26.0 Å². The first kappa shape index (κ1) is 22.5. The number of sulfonamides is 1. The van der Waals surface area contributed by atoms with Crippen LogP contribution in [0.25, 0.3) is 0 Å². The van der Waals surface area contributed by atoms with E-state index in [1.165, 1.54) is 31.4 Å². The van der Waals surface area contributed by atoms with Gasteiger partial charge in [-0.25, -0.2) is 13.1 Å². The van der Waals surface area contributed by atoms with Crippen molar-refractivity contribution >= 4 is 21.8 Å². The third-order valence-corrected chi connectivity index (χ3v) is 5.72. The zero-order valence-electron chi connectivity index (χ0n) is 16.8. The number of carbonyl (C=O) groups is 2. The Bertz CT molecular complexity index is 988. The fourth-order valence-corrected chi connectivity index (χ4v) is 3.95. The van der Waals surface area contributed by atoms with Crippen molar-refractivity contribution in [1.82, 2.24) is 15.6 Å². The summed E-state index contributed by atoms with van der Waals surface area (Å²) in [7, 11) is -2.24. The van der Waals surface area contributed by atoms with Crippen molar-refractivity contribution in [1.29, 1.82) is 0 Å². The predicted molar refractivity (Wildman–Crippen MR) is 109 cm³/mol. The second kappa shape index (κ2) is 9.64. The zero-order valence-corrected chi connectivity index (χ0v) is 17.6. The molecule has 0 aliphatic heterocycles. The van der Waals surface area contributed by atoms with Gasteiger partial charge in [0.1, 0.15) is 0 Å². The van der Waals surface area contributed by atoms with E-state index >= 15 is 0 Å². The van der Waals surface area contributed by atoms with Gasteiger partial charge in [-0.3, -0.25) is 20.4 Å². The van der Waals surface area contributed by atoms with Gasteiger partial charge in [-0.05, 0) is 56.7 Å². The van der Waals surface area contributed by atoms with Crippen molar-refractivity contribution in [2.45, 2.75) is 31.7 Å². The summed E-state index contributed by atoms with van der Waals surface area (Å²) in [6, 6.07) is 10.4. The maximum Gasteiger partial charge on any atom is 0.269 e. The monoisotopic (exact) mass is 419 g/mol. The average molecular weight is 420 g/mol. The smallest absolute Gasteiger partial charge is 0.269 e. The molecule has 0 heterocycles. The highest BCUT2D eigenvalue weighted by Crippen LogP contribution is 2.12. The summed E-state index contributed by atoms with van der Waals surface area (Å²) < 4.78 is 32.0. The minimum atomic E-state index is -3.73. The second-order valence-electron chi connectivity index (χ2n) is 6.73. The molecule has 0 bridgehead atoms. The van der Waals surface area contributed by atoms with Crippen LogP contribution in [0.2, 0.25) is 0 Å². The van der Waals surface area contributed by atoms with Gasteiger partial charge >= 0.3 is 0 Å². The molecule has 29 heavy (non-hydrogen) atoms. The summed E-state index contributed by atoms with van der Waals surface area (Å²) in [4.78, 5) is 24.5. The van der Waals surface area contributed by atoms with Crippen LogP contribution in [0.3, 0.4) is 0 Å². The number of methoxy groups -OCH3 is 1. The van der Waals surface area contributed by atoms with E-state index < -0.39 is 27.9 Å². The van der Waals surface area contributed by atoms with E-state index in [0.29, 0.717) is 5.56 Å². The summed E-state index contributed by atoms with van der Waals surface area (Å²) in [5.74, 6) is -1.00. The van der Waals surface area contributed by atoms with E-state index in [9.17, 15) is 18.0 Å². The number of benzene rings is 2. The van der Waals surface area contributed by atoms with Crippen LogP contribution in [0.15, 0.2) is 47.4 Å². The Morgan fingerprint density at radius 3 is 2.21 bits per heavy atom.